The SMILES string of the molecule is CCOc1cccc(CN)c1OCCCSCC. The molecule has 0 aliphatic rings. The van der Waals surface area contributed by atoms with Crippen LogP contribution in [0.2, 0.25) is 0 Å². The summed E-state index contributed by atoms with van der Waals surface area (Å²) in [4.78, 5) is 0. The summed E-state index contributed by atoms with van der Waals surface area (Å²) in [6.07, 6.45) is 1.04. The molecule has 0 radical (unpaired) electrons. The molecule has 1 aromatic rings. The van der Waals surface area contributed by atoms with Gasteiger partial charge in [-0.25, -0.2) is 0 Å². The maximum atomic E-state index is 5.84. The van der Waals surface area contributed by atoms with E-state index < -0.39 is 0 Å². The lowest BCUT2D eigenvalue weighted by Crippen LogP contribution is -2.07. The fourth-order valence-electron chi connectivity index (χ4n) is 1.63. The zero-order chi connectivity index (χ0) is 13.2. The molecule has 3 nitrogen and oxygen atoms in total. The third kappa shape index (κ3) is 4.78. The number of hydrogen-bond acceptors (Lipinski definition) is 4. The smallest absolute Gasteiger partial charge is 0.165 e. The van der Waals surface area contributed by atoms with Crippen molar-refractivity contribution < 1.29 is 9.47 Å². The third-order valence-corrected chi connectivity index (χ3v) is 3.45. The number of ether oxygens (including phenoxy) is 2. The van der Waals surface area contributed by atoms with E-state index >= 15 is 0 Å². The van der Waals surface area contributed by atoms with Crippen molar-refractivity contribution in [3.05, 3.63) is 23.8 Å². The first kappa shape index (κ1) is 15.2. The molecule has 2 N–H and O–H groups in total. The van der Waals surface area contributed by atoms with Gasteiger partial charge in [-0.3, -0.25) is 0 Å². The van der Waals surface area contributed by atoms with Gasteiger partial charge in [-0.05, 0) is 30.9 Å². The van der Waals surface area contributed by atoms with E-state index in [9.17, 15) is 0 Å². The summed E-state index contributed by atoms with van der Waals surface area (Å²) in [6, 6.07) is 5.87. The van der Waals surface area contributed by atoms with E-state index in [1.54, 1.807) is 0 Å². The Morgan fingerprint density at radius 1 is 1.22 bits per heavy atom. The Morgan fingerprint density at radius 2 is 2.06 bits per heavy atom. The average Bonchev–Trinajstić information content (AvgIpc) is 2.40. The lowest BCUT2D eigenvalue weighted by atomic mass is 10.2. The molecule has 4 heteroatoms. The van der Waals surface area contributed by atoms with Crippen molar-refractivity contribution in [2.75, 3.05) is 24.7 Å². The number of benzene rings is 1. The molecule has 0 saturated carbocycles. The van der Waals surface area contributed by atoms with Gasteiger partial charge in [-0.15, -0.1) is 0 Å². The van der Waals surface area contributed by atoms with Gasteiger partial charge in [0.2, 0.25) is 0 Å². The molecule has 18 heavy (non-hydrogen) atoms. The minimum absolute atomic E-state index is 0.472. The van der Waals surface area contributed by atoms with Crippen LogP contribution in [0.25, 0.3) is 0 Å². The van der Waals surface area contributed by atoms with Crippen LogP contribution in [-0.2, 0) is 6.54 Å². The van der Waals surface area contributed by atoms with Gasteiger partial charge in [0, 0.05) is 12.1 Å². The van der Waals surface area contributed by atoms with Crippen LogP contribution in [0.5, 0.6) is 11.5 Å². The Kier molecular flexibility index (Phi) is 7.69. The van der Waals surface area contributed by atoms with E-state index in [1.165, 1.54) is 0 Å². The molecular weight excluding hydrogens is 246 g/mol. The van der Waals surface area contributed by atoms with Gasteiger partial charge in [-0.1, -0.05) is 19.1 Å². The molecule has 0 bridgehead atoms. The van der Waals surface area contributed by atoms with Crippen molar-refractivity contribution in [3.63, 3.8) is 0 Å². The van der Waals surface area contributed by atoms with Crippen molar-refractivity contribution in [3.8, 4) is 11.5 Å². The van der Waals surface area contributed by atoms with Gasteiger partial charge < -0.3 is 15.2 Å². The molecule has 0 fully saturated rings. The summed E-state index contributed by atoms with van der Waals surface area (Å²) >= 11 is 1.93. The van der Waals surface area contributed by atoms with Gasteiger partial charge in [0.05, 0.1) is 13.2 Å². The highest BCUT2D eigenvalue weighted by Gasteiger charge is 2.09. The van der Waals surface area contributed by atoms with Crippen LogP contribution < -0.4 is 15.2 Å². The molecule has 102 valence electrons. The van der Waals surface area contributed by atoms with E-state index in [0.717, 1.165) is 35.0 Å². The Balaban J connectivity index is 2.60. The minimum Gasteiger partial charge on any atom is -0.490 e. The molecule has 1 rings (SSSR count). The van der Waals surface area contributed by atoms with Gasteiger partial charge >= 0.3 is 0 Å². The molecule has 0 aromatic heterocycles. The van der Waals surface area contributed by atoms with Crippen LogP contribution in [0.15, 0.2) is 18.2 Å². The van der Waals surface area contributed by atoms with Crippen molar-refractivity contribution in [2.45, 2.75) is 26.8 Å². The summed E-state index contributed by atoms with van der Waals surface area (Å²) in [5.41, 5.74) is 6.73. The number of hydrogen-bond donors (Lipinski definition) is 1. The summed E-state index contributed by atoms with van der Waals surface area (Å²) in [5.74, 6) is 3.89. The summed E-state index contributed by atoms with van der Waals surface area (Å²) in [6.45, 7) is 5.96. The van der Waals surface area contributed by atoms with Gasteiger partial charge in [0.25, 0.3) is 0 Å². The molecular formula is C14H23NO2S. The highest BCUT2D eigenvalue weighted by Crippen LogP contribution is 2.31. The van der Waals surface area contributed by atoms with Crippen molar-refractivity contribution in [1.29, 1.82) is 0 Å². The van der Waals surface area contributed by atoms with Crippen LogP contribution in [-0.4, -0.2) is 24.7 Å². The quantitative estimate of drug-likeness (QED) is 0.700. The van der Waals surface area contributed by atoms with Crippen LogP contribution in [0.4, 0.5) is 0 Å². The number of nitrogens with two attached hydrogens (primary N) is 1. The molecule has 0 atom stereocenters. The molecule has 0 amide bonds. The average molecular weight is 269 g/mol. The largest absolute Gasteiger partial charge is 0.490 e. The Labute approximate surface area is 114 Å². The van der Waals surface area contributed by atoms with Crippen LogP contribution >= 0.6 is 11.8 Å². The van der Waals surface area contributed by atoms with Crippen LogP contribution in [0.3, 0.4) is 0 Å². The predicted molar refractivity (Wildman–Crippen MR) is 78.6 cm³/mol. The maximum absolute atomic E-state index is 5.84. The van der Waals surface area contributed by atoms with Crippen molar-refractivity contribution >= 4 is 11.8 Å². The number of rotatable bonds is 9. The molecule has 0 saturated heterocycles. The lowest BCUT2D eigenvalue weighted by molar-refractivity contribution is 0.275. The highest BCUT2D eigenvalue weighted by atomic mass is 32.2. The molecule has 0 spiro atoms. The normalized spacial score (nSPS) is 10.4. The fraction of sp³-hybridized carbons (Fsp3) is 0.571. The van der Waals surface area contributed by atoms with Crippen LogP contribution in [0.1, 0.15) is 25.8 Å². The molecule has 0 unspecified atom stereocenters. The first-order valence-electron chi connectivity index (χ1n) is 6.48. The standard InChI is InChI=1S/C14H23NO2S/c1-3-16-13-8-5-7-12(11-15)14(13)17-9-6-10-18-4-2/h5,7-8H,3-4,6,9-11,15H2,1-2H3. The molecule has 1 aromatic carbocycles. The van der Waals surface area contributed by atoms with Gasteiger partial charge in [-0.2, -0.15) is 11.8 Å². The second kappa shape index (κ2) is 9.11. The highest BCUT2D eigenvalue weighted by molar-refractivity contribution is 7.99. The minimum atomic E-state index is 0.472. The summed E-state index contributed by atoms with van der Waals surface area (Å²) in [5, 5.41) is 0. The summed E-state index contributed by atoms with van der Waals surface area (Å²) < 4.78 is 11.4. The maximum Gasteiger partial charge on any atom is 0.165 e. The first-order valence-corrected chi connectivity index (χ1v) is 7.64. The molecule has 0 aliphatic heterocycles. The van der Waals surface area contributed by atoms with E-state index in [2.05, 4.69) is 6.92 Å². The topological polar surface area (TPSA) is 44.5 Å². The van der Waals surface area contributed by atoms with Gasteiger partial charge in [0.1, 0.15) is 0 Å². The number of thioether (sulfide) groups is 1. The second-order valence-electron chi connectivity index (χ2n) is 3.78. The van der Waals surface area contributed by atoms with Gasteiger partial charge in [0.15, 0.2) is 11.5 Å². The molecule has 0 aliphatic carbocycles. The Bertz CT molecular complexity index is 345. The summed E-state index contributed by atoms with van der Waals surface area (Å²) in [7, 11) is 0. The zero-order valence-electron chi connectivity index (χ0n) is 11.3. The third-order valence-electron chi connectivity index (χ3n) is 2.46. The predicted octanol–water partition coefficient (Wildman–Crippen LogP) is 3.07. The van der Waals surface area contributed by atoms with E-state index in [0.29, 0.717) is 19.8 Å². The second-order valence-corrected chi connectivity index (χ2v) is 5.17. The Hall–Kier alpha value is -0.870. The Morgan fingerprint density at radius 3 is 2.72 bits per heavy atom. The van der Waals surface area contributed by atoms with Crippen molar-refractivity contribution in [2.24, 2.45) is 5.73 Å². The molecule has 0 heterocycles. The van der Waals surface area contributed by atoms with E-state index in [-0.39, 0.29) is 0 Å². The van der Waals surface area contributed by atoms with E-state index in [4.69, 9.17) is 15.2 Å². The number of para-hydroxylation sites is 1. The monoisotopic (exact) mass is 269 g/mol. The van der Waals surface area contributed by atoms with Crippen molar-refractivity contribution in [1.82, 2.24) is 0 Å². The first-order chi connectivity index (χ1) is 8.83. The fourth-order valence-corrected chi connectivity index (χ4v) is 2.25. The zero-order valence-corrected chi connectivity index (χ0v) is 12.1. The van der Waals surface area contributed by atoms with E-state index in [1.807, 2.05) is 36.9 Å². The lowest BCUT2D eigenvalue weighted by Gasteiger charge is -2.15. The van der Waals surface area contributed by atoms with Crippen LogP contribution in [0, 0.1) is 0 Å².